The fourth-order valence-electron chi connectivity index (χ4n) is 3.40. The van der Waals surface area contributed by atoms with Crippen molar-refractivity contribution in [3.63, 3.8) is 0 Å². The maximum atomic E-state index is 12.1. The third kappa shape index (κ3) is 4.01. The molecule has 24 heavy (non-hydrogen) atoms. The molecule has 3 rings (SSSR count). The molecule has 0 amide bonds. The molecule has 2 N–H and O–H groups in total. The first-order valence-electron chi connectivity index (χ1n) is 8.65. The monoisotopic (exact) mass is 330 g/mol. The molecule has 1 fully saturated rings. The average Bonchev–Trinajstić information content (AvgIpc) is 2.55. The van der Waals surface area contributed by atoms with Gasteiger partial charge in [0.15, 0.2) is 0 Å². The van der Waals surface area contributed by atoms with Gasteiger partial charge in [0.2, 0.25) is 0 Å². The van der Waals surface area contributed by atoms with Crippen LogP contribution < -0.4 is 5.56 Å². The molecule has 2 aromatic rings. The molecule has 0 spiro atoms. The smallest absolute Gasteiger partial charge is 0.258 e. The van der Waals surface area contributed by atoms with Crippen molar-refractivity contribution in [2.75, 3.05) is 32.7 Å². The van der Waals surface area contributed by atoms with Gasteiger partial charge < -0.3 is 15.0 Å². The van der Waals surface area contributed by atoms with Gasteiger partial charge in [-0.1, -0.05) is 12.1 Å². The average molecular weight is 330 g/mol. The number of aliphatic hydroxyl groups is 1. The van der Waals surface area contributed by atoms with Crippen LogP contribution in [0, 0.1) is 0 Å². The van der Waals surface area contributed by atoms with Crippen molar-refractivity contribution < 1.29 is 5.11 Å². The Kier molecular flexibility index (Phi) is 5.28. The number of hydrogen-bond donors (Lipinski definition) is 2. The number of nitrogens with one attached hydrogen (secondary N) is 1. The van der Waals surface area contributed by atoms with E-state index >= 15 is 0 Å². The largest absolute Gasteiger partial charge is 0.392 e. The van der Waals surface area contributed by atoms with E-state index in [1.165, 1.54) is 0 Å². The Labute approximate surface area is 142 Å². The van der Waals surface area contributed by atoms with Crippen molar-refractivity contribution in [1.29, 1.82) is 0 Å². The maximum Gasteiger partial charge on any atom is 0.258 e. The molecule has 1 saturated heterocycles. The lowest BCUT2D eigenvalue weighted by atomic mass is 10.1. The number of fused-ring (bicyclic) bond motifs is 1. The first kappa shape index (κ1) is 17.1. The fraction of sp³-hybridized carbons (Fsp3) is 0.556. The Bertz CT molecular complexity index is 743. The predicted octanol–water partition coefficient (Wildman–Crippen LogP) is 0.852. The van der Waals surface area contributed by atoms with Crippen LogP contribution in [0.25, 0.3) is 10.9 Å². The van der Waals surface area contributed by atoms with Gasteiger partial charge in [-0.15, -0.1) is 0 Å². The van der Waals surface area contributed by atoms with E-state index in [0.29, 0.717) is 11.4 Å². The van der Waals surface area contributed by atoms with Crippen LogP contribution in [0.5, 0.6) is 0 Å². The standard InChI is InChI=1S/C18H26N4O2/c1-13-11-21(9-10-22(13)12-14(2)23)8-7-17-19-16-6-4-3-5-15(16)18(24)20-17/h3-6,13-14,23H,7-12H2,1-2H3,(H,19,20,24)/t13-,14+/m0/s1. The first-order valence-corrected chi connectivity index (χ1v) is 8.65. The van der Waals surface area contributed by atoms with Crippen LogP contribution in [0.15, 0.2) is 29.1 Å². The number of benzene rings is 1. The second-order valence-electron chi connectivity index (χ2n) is 6.77. The summed E-state index contributed by atoms with van der Waals surface area (Å²) in [6, 6.07) is 7.87. The van der Waals surface area contributed by atoms with Gasteiger partial charge in [-0.2, -0.15) is 0 Å². The van der Waals surface area contributed by atoms with Crippen molar-refractivity contribution in [3.8, 4) is 0 Å². The number of aliphatic hydroxyl groups excluding tert-OH is 1. The van der Waals surface area contributed by atoms with Gasteiger partial charge in [0, 0.05) is 45.2 Å². The van der Waals surface area contributed by atoms with Gasteiger partial charge in [-0.25, -0.2) is 4.98 Å². The Morgan fingerprint density at radius 3 is 2.92 bits per heavy atom. The molecule has 6 heteroatoms. The molecule has 0 saturated carbocycles. The molecule has 2 heterocycles. The Morgan fingerprint density at radius 1 is 1.38 bits per heavy atom. The third-order valence-electron chi connectivity index (χ3n) is 4.67. The lowest BCUT2D eigenvalue weighted by Crippen LogP contribution is -2.53. The van der Waals surface area contributed by atoms with E-state index < -0.39 is 0 Å². The van der Waals surface area contributed by atoms with Crippen molar-refractivity contribution in [2.45, 2.75) is 32.4 Å². The maximum absolute atomic E-state index is 12.1. The van der Waals surface area contributed by atoms with Crippen LogP contribution >= 0.6 is 0 Å². The quantitative estimate of drug-likeness (QED) is 0.850. The highest BCUT2D eigenvalue weighted by molar-refractivity contribution is 5.77. The Balaban J connectivity index is 1.60. The van der Waals surface area contributed by atoms with Crippen LogP contribution in [-0.4, -0.2) is 69.7 Å². The molecule has 0 aliphatic carbocycles. The molecular weight excluding hydrogens is 304 g/mol. The highest BCUT2D eigenvalue weighted by atomic mass is 16.3. The van der Waals surface area contributed by atoms with E-state index in [1.807, 2.05) is 25.1 Å². The van der Waals surface area contributed by atoms with Crippen molar-refractivity contribution in [3.05, 3.63) is 40.4 Å². The molecule has 6 nitrogen and oxygen atoms in total. The fourth-order valence-corrected chi connectivity index (χ4v) is 3.40. The molecular formula is C18H26N4O2. The molecule has 0 unspecified atom stereocenters. The molecule has 1 aliphatic heterocycles. The van der Waals surface area contributed by atoms with Crippen LogP contribution in [0.3, 0.4) is 0 Å². The minimum atomic E-state index is -0.286. The van der Waals surface area contributed by atoms with E-state index in [0.717, 1.165) is 50.5 Å². The van der Waals surface area contributed by atoms with Gasteiger partial charge in [-0.05, 0) is 26.0 Å². The summed E-state index contributed by atoms with van der Waals surface area (Å²) < 4.78 is 0. The molecule has 130 valence electrons. The number of H-pyrrole nitrogens is 1. The van der Waals surface area contributed by atoms with Crippen LogP contribution in [0.2, 0.25) is 0 Å². The third-order valence-corrected chi connectivity index (χ3v) is 4.67. The number of aromatic nitrogens is 2. The zero-order valence-electron chi connectivity index (χ0n) is 14.4. The highest BCUT2D eigenvalue weighted by Gasteiger charge is 2.24. The zero-order chi connectivity index (χ0) is 17.1. The number of aromatic amines is 1. The first-order chi connectivity index (χ1) is 11.5. The molecule has 1 aromatic carbocycles. The van der Waals surface area contributed by atoms with E-state index in [2.05, 4.69) is 26.7 Å². The highest BCUT2D eigenvalue weighted by Crippen LogP contribution is 2.11. The summed E-state index contributed by atoms with van der Waals surface area (Å²) >= 11 is 0. The summed E-state index contributed by atoms with van der Waals surface area (Å²) in [5.74, 6) is 0.748. The number of nitrogens with zero attached hydrogens (tertiary/aromatic N) is 3. The van der Waals surface area contributed by atoms with Gasteiger partial charge in [0.25, 0.3) is 5.56 Å². The minimum Gasteiger partial charge on any atom is -0.392 e. The number of piperazine rings is 1. The van der Waals surface area contributed by atoms with Crippen molar-refractivity contribution in [2.24, 2.45) is 0 Å². The van der Waals surface area contributed by atoms with Crippen LogP contribution in [0.4, 0.5) is 0 Å². The summed E-state index contributed by atoms with van der Waals surface area (Å²) in [4.78, 5) is 24.3. The second-order valence-corrected chi connectivity index (χ2v) is 6.77. The topological polar surface area (TPSA) is 72.5 Å². The normalized spacial score (nSPS) is 21.2. The number of para-hydroxylation sites is 1. The Hall–Kier alpha value is -1.76. The molecule has 2 atom stereocenters. The molecule has 0 radical (unpaired) electrons. The van der Waals surface area contributed by atoms with E-state index in [4.69, 9.17) is 0 Å². The van der Waals surface area contributed by atoms with Crippen LogP contribution in [0.1, 0.15) is 19.7 Å². The van der Waals surface area contributed by atoms with Gasteiger partial charge in [0.1, 0.15) is 5.82 Å². The molecule has 1 aromatic heterocycles. The predicted molar refractivity (Wildman–Crippen MR) is 95.2 cm³/mol. The van der Waals surface area contributed by atoms with E-state index in [9.17, 15) is 9.90 Å². The summed E-state index contributed by atoms with van der Waals surface area (Å²) in [5, 5.41) is 10.2. The van der Waals surface area contributed by atoms with E-state index in [-0.39, 0.29) is 11.7 Å². The van der Waals surface area contributed by atoms with Crippen molar-refractivity contribution >= 4 is 10.9 Å². The number of β-amino-alcohol motifs (C(OH)–C–C–N with tert-alkyl or cyclic N) is 1. The zero-order valence-corrected chi connectivity index (χ0v) is 14.4. The number of rotatable bonds is 5. The van der Waals surface area contributed by atoms with Crippen LogP contribution in [-0.2, 0) is 6.42 Å². The summed E-state index contributed by atoms with van der Waals surface area (Å²) in [5.41, 5.74) is 0.692. The molecule has 1 aliphatic rings. The van der Waals surface area contributed by atoms with Gasteiger partial charge in [0.05, 0.1) is 17.0 Å². The number of hydrogen-bond acceptors (Lipinski definition) is 5. The summed E-state index contributed by atoms with van der Waals surface area (Å²) in [6.45, 7) is 8.57. The second kappa shape index (κ2) is 7.42. The minimum absolute atomic E-state index is 0.0641. The van der Waals surface area contributed by atoms with Gasteiger partial charge in [-0.3, -0.25) is 9.69 Å². The summed E-state index contributed by atoms with van der Waals surface area (Å²) in [7, 11) is 0. The molecule has 0 bridgehead atoms. The SMILES string of the molecule is C[C@@H](O)CN1CCN(CCc2nc3ccccc3c(=O)[nH]2)C[C@@H]1C. The van der Waals surface area contributed by atoms with Crippen molar-refractivity contribution in [1.82, 2.24) is 19.8 Å². The lowest BCUT2D eigenvalue weighted by molar-refractivity contribution is 0.0455. The van der Waals surface area contributed by atoms with E-state index in [1.54, 1.807) is 6.07 Å². The summed E-state index contributed by atoms with van der Waals surface area (Å²) in [6.07, 6.45) is 0.453. The lowest BCUT2D eigenvalue weighted by Gasteiger charge is -2.40. The Morgan fingerprint density at radius 2 is 2.17 bits per heavy atom. The van der Waals surface area contributed by atoms with Gasteiger partial charge >= 0.3 is 0 Å².